The highest BCUT2D eigenvalue weighted by atomic mass is 19.1. The third-order valence-corrected chi connectivity index (χ3v) is 6.42. The lowest BCUT2D eigenvalue weighted by Gasteiger charge is -2.28. The van der Waals surface area contributed by atoms with E-state index in [0.717, 1.165) is 40.9 Å². The van der Waals surface area contributed by atoms with Gasteiger partial charge in [0.25, 0.3) is 0 Å². The number of aromatic nitrogens is 6. The maximum atomic E-state index is 14.2. The van der Waals surface area contributed by atoms with Gasteiger partial charge in [-0.15, -0.1) is 5.10 Å². The number of hydrogen-bond donors (Lipinski definition) is 1. The first-order valence-electron chi connectivity index (χ1n) is 10.8. The van der Waals surface area contributed by atoms with Gasteiger partial charge in [0.2, 0.25) is 0 Å². The van der Waals surface area contributed by atoms with Crippen LogP contribution >= 0.6 is 0 Å². The van der Waals surface area contributed by atoms with Crippen molar-refractivity contribution in [1.29, 1.82) is 0 Å². The van der Waals surface area contributed by atoms with Gasteiger partial charge < -0.3 is 10.5 Å². The molecule has 1 fully saturated rings. The number of nitrogens with zero attached hydrogens (tertiary/aromatic N) is 6. The normalized spacial score (nSPS) is 17.8. The molecule has 8 nitrogen and oxygen atoms in total. The average Bonchev–Trinajstić information content (AvgIpc) is 3.35. The lowest BCUT2D eigenvalue weighted by Crippen LogP contribution is -2.19. The van der Waals surface area contributed by atoms with E-state index in [-0.39, 0.29) is 5.82 Å². The Kier molecular flexibility index (Phi) is 4.24. The molecule has 4 aromatic rings. The molecule has 0 unspecified atom stereocenters. The van der Waals surface area contributed by atoms with Gasteiger partial charge >= 0.3 is 0 Å². The molecule has 0 radical (unpaired) electrons. The SMILES string of the molecule is C[C@H]1Oc2cc(cnc2N)-c2c(cnn2C2CCC2)Cn2nncc2-c2ccc(F)cc21. The molecule has 1 aliphatic heterocycles. The fraction of sp³-hybridized carbons (Fsp3) is 0.304. The average molecular weight is 431 g/mol. The van der Waals surface area contributed by atoms with Crippen molar-refractivity contribution in [2.45, 2.75) is 44.9 Å². The summed E-state index contributed by atoms with van der Waals surface area (Å²) in [6, 6.07) is 6.92. The number of pyridine rings is 1. The molecule has 1 atom stereocenters. The molecule has 0 spiro atoms. The van der Waals surface area contributed by atoms with Crippen molar-refractivity contribution in [3.8, 4) is 28.3 Å². The zero-order chi connectivity index (χ0) is 21.8. The van der Waals surface area contributed by atoms with Gasteiger partial charge in [-0.05, 0) is 50.5 Å². The second-order valence-corrected chi connectivity index (χ2v) is 8.42. The van der Waals surface area contributed by atoms with Crippen LogP contribution in [0.5, 0.6) is 5.75 Å². The Balaban J connectivity index is 1.60. The maximum absolute atomic E-state index is 14.2. The van der Waals surface area contributed by atoms with Gasteiger partial charge in [0.1, 0.15) is 11.9 Å². The summed E-state index contributed by atoms with van der Waals surface area (Å²) in [6.07, 6.45) is 8.26. The number of halogens is 1. The first-order valence-corrected chi connectivity index (χ1v) is 10.8. The van der Waals surface area contributed by atoms with Gasteiger partial charge in [0.05, 0.1) is 36.4 Å². The van der Waals surface area contributed by atoms with Crippen LogP contribution in [0, 0.1) is 5.82 Å². The summed E-state index contributed by atoms with van der Waals surface area (Å²) in [5.74, 6) is 0.414. The van der Waals surface area contributed by atoms with Crippen LogP contribution in [-0.4, -0.2) is 29.8 Å². The van der Waals surface area contributed by atoms with E-state index in [0.29, 0.717) is 29.7 Å². The fourth-order valence-electron chi connectivity index (χ4n) is 4.52. The van der Waals surface area contributed by atoms with E-state index in [1.54, 1.807) is 18.5 Å². The zero-order valence-corrected chi connectivity index (χ0v) is 17.6. The van der Waals surface area contributed by atoms with Crippen LogP contribution in [0.25, 0.3) is 22.5 Å². The standard InChI is InChI=1S/C23H22FN7O/c1-13-19-8-16(24)5-6-18(19)20-11-27-29-30(20)12-15-10-28-31(17-3-2-4-17)22(15)14-7-21(32-13)23(25)26-9-14/h5-11,13,17H,2-4,12H2,1H3,(H2,25,26)/t13-/m1/s1. The Morgan fingerprint density at radius 1 is 1.16 bits per heavy atom. The minimum absolute atomic E-state index is 0.290. The van der Waals surface area contributed by atoms with E-state index in [9.17, 15) is 4.39 Å². The minimum Gasteiger partial charge on any atom is -0.482 e. The summed E-state index contributed by atoms with van der Waals surface area (Å²) in [7, 11) is 0. The molecule has 2 N–H and O–H groups in total. The molecule has 6 rings (SSSR count). The lowest BCUT2D eigenvalue weighted by molar-refractivity contribution is 0.227. The highest BCUT2D eigenvalue weighted by Crippen LogP contribution is 2.40. The topological polar surface area (TPSA) is 96.7 Å². The molecule has 9 heteroatoms. The van der Waals surface area contributed by atoms with Crippen LogP contribution in [0.4, 0.5) is 10.2 Å². The van der Waals surface area contributed by atoms with Crippen molar-refractivity contribution in [1.82, 2.24) is 29.8 Å². The number of anilines is 1. The van der Waals surface area contributed by atoms with Gasteiger partial charge in [-0.1, -0.05) is 5.21 Å². The van der Waals surface area contributed by atoms with Gasteiger partial charge in [0.15, 0.2) is 11.6 Å². The summed E-state index contributed by atoms with van der Waals surface area (Å²) >= 11 is 0. The molecule has 0 amide bonds. The number of nitrogens with two attached hydrogens (primary N) is 1. The van der Waals surface area contributed by atoms with Crippen LogP contribution in [0.2, 0.25) is 0 Å². The first-order chi connectivity index (χ1) is 15.6. The quantitative estimate of drug-likeness (QED) is 0.486. The molecule has 2 bridgehead atoms. The molecule has 0 saturated heterocycles. The second kappa shape index (κ2) is 7.15. The van der Waals surface area contributed by atoms with Crippen molar-refractivity contribution >= 4 is 5.82 Å². The van der Waals surface area contributed by atoms with E-state index in [4.69, 9.17) is 15.6 Å². The Labute approximate surface area is 183 Å². The largest absolute Gasteiger partial charge is 0.482 e. The summed E-state index contributed by atoms with van der Waals surface area (Å²) in [6.45, 7) is 2.34. The van der Waals surface area contributed by atoms with E-state index in [1.807, 2.05) is 23.9 Å². The molecule has 1 aliphatic carbocycles. The number of nitrogen functional groups attached to an aromatic ring is 1. The van der Waals surface area contributed by atoms with Crippen LogP contribution in [-0.2, 0) is 6.54 Å². The fourth-order valence-corrected chi connectivity index (χ4v) is 4.52. The number of rotatable bonds is 1. The van der Waals surface area contributed by atoms with Crippen LogP contribution in [0.1, 0.15) is 49.5 Å². The predicted octanol–water partition coefficient (Wildman–Crippen LogP) is 4.15. The summed E-state index contributed by atoms with van der Waals surface area (Å²) < 4.78 is 24.3. The number of fused-ring (bicyclic) bond motifs is 7. The van der Waals surface area contributed by atoms with Crippen LogP contribution in [0.15, 0.2) is 42.9 Å². The summed E-state index contributed by atoms with van der Waals surface area (Å²) in [5.41, 5.74) is 11.3. The number of hydrogen-bond acceptors (Lipinski definition) is 6. The molecule has 1 aromatic carbocycles. The molecule has 162 valence electrons. The third kappa shape index (κ3) is 2.96. The van der Waals surface area contributed by atoms with Crippen molar-refractivity contribution in [2.24, 2.45) is 0 Å². The van der Waals surface area contributed by atoms with Crippen LogP contribution < -0.4 is 10.5 Å². The molecular formula is C23H22FN7O. The highest BCUT2D eigenvalue weighted by Gasteiger charge is 2.27. The van der Waals surface area contributed by atoms with E-state index < -0.39 is 6.10 Å². The smallest absolute Gasteiger partial charge is 0.166 e. The highest BCUT2D eigenvalue weighted by molar-refractivity contribution is 5.69. The van der Waals surface area contributed by atoms with Gasteiger partial charge in [-0.2, -0.15) is 5.10 Å². The molecule has 2 aliphatic rings. The molecule has 4 heterocycles. The summed E-state index contributed by atoms with van der Waals surface area (Å²) in [5, 5.41) is 13.2. The third-order valence-electron chi connectivity index (χ3n) is 6.42. The monoisotopic (exact) mass is 431 g/mol. The Morgan fingerprint density at radius 2 is 2.03 bits per heavy atom. The van der Waals surface area contributed by atoms with E-state index in [2.05, 4.69) is 20.0 Å². The zero-order valence-electron chi connectivity index (χ0n) is 17.6. The van der Waals surface area contributed by atoms with Crippen molar-refractivity contribution in [3.05, 3.63) is 59.8 Å². The maximum Gasteiger partial charge on any atom is 0.166 e. The Bertz CT molecular complexity index is 1320. The van der Waals surface area contributed by atoms with Gasteiger partial charge in [-0.3, -0.25) is 4.68 Å². The van der Waals surface area contributed by atoms with E-state index in [1.165, 1.54) is 18.6 Å². The lowest BCUT2D eigenvalue weighted by atomic mass is 9.92. The second-order valence-electron chi connectivity index (χ2n) is 8.42. The minimum atomic E-state index is -0.473. The summed E-state index contributed by atoms with van der Waals surface area (Å²) in [4.78, 5) is 4.40. The van der Waals surface area contributed by atoms with Crippen molar-refractivity contribution < 1.29 is 9.13 Å². The molecule has 32 heavy (non-hydrogen) atoms. The Hall–Kier alpha value is -3.75. The number of ether oxygens (including phenoxy) is 1. The van der Waals surface area contributed by atoms with Crippen LogP contribution in [0.3, 0.4) is 0 Å². The molecular weight excluding hydrogens is 409 g/mol. The van der Waals surface area contributed by atoms with Gasteiger partial charge in [0, 0.05) is 28.5 Å². The Morgan fingerprint density at radius 3 is 2.84 bits per heavy atom. The predicted molar refractivity (Wildman–Crippen MR) is 116 cm³/mol. The first kappa shape index (κ1) is 19.0. The van der Waals surface area contributed by atoms with Crippen molar-refractivity contribution in [3.63, 3.8) is 0 Å². The number of benzene rings is 1. The molecule has 1 saturated carbocycles. The molecule has 3 aromatic heterocycles. The van der Waals surface area contributed by atoms with E-state index >= 15 is 0 Å². The van der Waals surface area contributed by atoms with Crippen molar-refractivity contribution in [2.75, 3.05) is 5.73 Å². The van der Waals surface area contributed by atoms with Gasteiger partial charge in [-0.25, -0.2) is 14.1 Å².